The minimum atomic E-state index is 0.150. The quantitative estimate of drug-likeness (QED) is 0.832. The molecule has 18 heavy (non-hydrogen) atoms. The third kappa shape index (κ3) is 3.05. The summed E-state index contributed by atoms with van der Waals surface area (Å²) in [6.45, 7) is 2.09. The summed E-state index contributed by atoms with van der Waals surface area (Å²) in [5, 5.41) is 5.03. The fourth-order valence-electron chi connectivity index (χ4n) is 1.83. The van der Waals surface area contributed by atoms with Crippen LogP contribution in [0, 0.1) is 3.57 Å². The van der Waals surface area contributed by atoms with Gasteiger partial charge in [0.15, 0.2) is 0 Å². The molecule has 0 bridgehead atoms. The lowest BCUT2D eigenvalue weighted by Crippen LogP contribution is -2.22. The molecule has 1 aromatic heterocycles. The highest BCUT2D eigenvalue weighted by Gasteiger charge is 2.12. The van der Waals surface area contributed by atoms with Crippen molar-refractivity contribution in [2.24, 2.45) is 5.73 Å². The van der Waals surface area contributed by atoms with E-state index in [2.05, 4.69) is 40.7 Å². The number of hydrogen-bond acceptors (Lipinski definition) is 2. The molecule has 0 radical (unpaired) electrons. The van der Waals surface area contributed by atoms with Crippen molar-refractivity contribution < 1.29 is 0 Å². The molecule has 0 fully saturated rings. The molecular formula is C13H15ClIN3. The molecule has 0 spiro atoms. The normalized spacial score (nSPS) is 12.7. The van der Waals surface area contributed by atoms with Crippen LogP contribution < -0.4 is 5.73 Å². The predicted octanol–water partition coefficient (Wildman–Crippen LogP) is 3.41. The van der Waals surface area contributed by atoms with Gasteiger partial charge in [-0.05, 0) is 47.1 Å². The maximum Gasteiger partial charge on any atom is 0.0864 e. The molecule has 96 valence electrons. The fraction of sp³-hybridized carbons (Fsp3) is 0.308. The summed E-state index contributed by atoms with van der Waals surface area (Å²) in [4.78, 5) is 0. The summed E-state index contributed by atoms with van der Waals surface area (Å²) in [5.74, 6) is 0. The van der Waals surface area contributed by atoms with E-state index in [1.807, 2.05) is 29.2 Å². The zero-order chi connectivity index (χ0) is 13.1. The van der Waals surface area contributed by atoms with E-state index in [0.717, 1.165) is 27.7 Å². The first kappa shape index (κ1) is 13.8. The molecule has 0 amide bonds. The lowest BCUT2D eigenvalue weighted by Gasteiger charge is -2.14. The highest BCUT2D eigenvalue weighted by atomic mass is 127. The van der Waals surface area contributed by atoms with E-state index >= 15 is 0 Å². The molecular weight excluding hydrogens is 361 g/mol. The van der Waals surface area contributed by atoms with E-state index in [1.165, 1.54) is 0 Å². The highest BCUT2D eigenvalue weighted by molar-refractivity contribution is 14.1. The van der Waals surface area contributed by atoms with E-state index in [0.29, 0.717) is 5.02 Å². The smallest absolute Gasteiger partial charge is 0.0864 e. The third-order valence-electron chi connectivity index (χ3n) is 2.86. The molecule has 3 nitrogen and oxygen atoms in total. The molecule has 2 rings (SSSR count). The van der Waals surface area contributed by atoms with Gasteiger partial charge in [-0.15, -0.1) is 0 Å². The topological polar surface area (TPSA) is 43.8 Å². The summed E-state index contributed by atoms with van der Waals surface area (Å²) in [7, 11) is 0. The lowest BCUT2D eigenvalue weighted by atomic mass is 10.0. The van der Waals surface area contributed by atoms with Crippen LogP contribution >= 0.6 is 34.2 Å². The third-order valence-corrected chi connectivity index (χ3v) is 3.72. The minimum Gasteiger partial charge on any atom is -0.327 e. The Bertz CT molecular complexity index is 539. The van der Waals surface area contributed by atoms with Gasteiger partial charge in [-0.3, -0.25) is 0 Å². The Hall–Kier alpha value is -0.590. The molecule has 1 heterocycles. The van der Waals surface area contributed by atoms with E-state index in [9.17, 15) is 0 Å². The Labute approximate surface area is 125 Å². The zero-order valence-corrected chi connectivity index (χ0v) is 13.0. The first-order valence-electron chi connectivity index (χ1n) is 5.85. The van der Waals surface area contributed by atoms with Crippen molar-refractivity contribution in [3.8, 4) is 5.69 Å². The van der Waals surface area contributed by atoms with Crippen molar-refractivity contribution >= 4 is 34.2 Å². The van der Waals surface area contributed by atoms with Crippen LogP contribution in [0.15, 0.2) is 30.6 Å². The van der Waals surface area contributed by atoms with Crippen LogP contribution in [0.3, 0.4) is 0 Å². The molecule has 5 heteroatoms. The highest BCUT2D eigenvalue weighted by Crippen LogP contribution is 2.25. The van der Waals surface area contributed by atoms with Gasteiger partial charge in [0.2, 0.25) is 0 Å². The second kappa shape index (κ2) is 6.04. The van der Waals surface area contributed by atoms with Crippen LogP contribution in [0.25, 0.3) is 5.69 Å². The van der Waals surface area contributed by atoms with Crippen LogP contribution in [0.1, 0.15) is 18.9 Å². The van der Waals surface area contributed by atoms with Crippen molar-refractivity contribution in [1.82, 2.24) is 9.78 Å². The Morgan fingerprint density at radius 3 is 2.89 bits per heavy atom. The van der Waals surface area contributed by atoms with Gasteiger partial charge in [0, 0.05) is 12.2 Å². The molecule has 2 N–H and O–H groups in total. The summed E-state index contributed by atoms with van der Waals surface area (Å²) < 4.78 is 2.90. The van der Waals surface area contributed by atoms with Gasteiger partial charge in [0.25, 0.3) is 0 Å². The van der Waals surface area contributed by atoms with E-state index < -0.39 is 0 Å². The van der Waals surface area contributed by atoms with Gasteiger partial charge in [-0.1, -0.05) is 30.7 Å². The van der Waals surface area contributed by atoms with Gasteiger partial charge in [-0.25, -0.2) is 4.68 Å². The average molecular weight is 376 g/mol. The molecule has 1 atom stereocenters. The van der Waals surface area contributed by atoms with Crippen LogP contribution in [-0.2, 0) is 6.42 Å². The summed E-state index contributed by atoms with van der Waals surface area (Å²) in [6, 6.07) is 6.05. The molecule has 1 aromatic carbocycles. The van der Waals surface area contributed by atoms with Crippen molar-refractivity contribution in [2.75, 3.05) is 0 Å². The van der Waals surface area contributed by atoms with Crippen molar-refractivity contribution in [1.29, 1.82) is 0 Å². The number of benzene rings is 1. The van der Waals surface area contributed by atoms with Gasteiger partial charge in [0.1, 0.15) is 0 Å². The van der Waals surface area contributed by atoms with Gasteiger partial charge >= 0.3 is 0 Å². The van der Waals surface area contributed by atoms with E-state index in [-0.39, 0.29) is 6.04 Å². The van der Waals surface area contributed by atoms with Crippen molar-refractivity contribution in [3.63, 3.8) is 0 Å². The maximum atomic E-state index is 6.30. The molecule has 0 saturated carbocycles. The molecule has 2 aromatic rings. The summed E-state index contributed by atoms with van der Waals surface area (Å²) in [6.07, 6.45) is 5.53. The van der Waals surface area contributed by atoms with Crippen LogP contribution in [0.5, 0.6) is 0 Å². The lowest BCUT2D eigenvalue weighted by molar-refractivity contribution is 0.642. The Morgan fingerprint density at radius 2 is 2.28 bits per heavy atom. The molecule has 0 saturated heterocycles. The number of hydrogen-bond donors (Lipinski definition) is 1. The number of aromatic nitrogens is 2. The van der Waals surface area contributed by atoms with Crippen molar-refractivity contribution in [3.05, 3.63) is 44.7 Å². The standard InChI is InChI=1S/C13H15ClIN3/c1-2-11(16)6-9-4-3-5-12(14)13(9)18-8-10(15)7-17-18/h3-5,7-8,11H,2,6,16H2,1H3. The van der Waals surface area contributed by atoms with Crippen LogP contribution in [0.2, 0.25) is 5.02 Å². The first-order valence-corrected chi connectivity index (χ1v) is 7.31. The number of para-hydroxylation sites is 1. The summed E-state index contributed by atoms with van der Waals surface area (Å²) in [5.41, 5.74) is 8.10. The van der Waals surface area contributed by atoms with Crippen LogP contribution in [0.4, 0.5) is 0 Å². The first-order chi connectivity index (χ1) is 8.61. The monoisotopic (exact) mass is 375 g/mol. The van der Waals surface area contributed by atoms with Gasteiger partial charge < -0.3 is 5.73 Å². The fourth-order valence-corrected chi connectivity index (χ4v) is 2.50. The molecule has 1 unspecified atom stereocenters. The van der Waals surface area contributed by atoms with E-state index in [1.54, 1.807) is 0 Å². The molecule has 0 aliphatic heterocycles. The Morgan fingerprint density at radius 1 is 1.50 bits per heavy atom. The maximum absolute atomic E-state index is 6.30. The number of halogens is 2. The SMILES string of the molecule is CCC(N)Cc1cccc(Cl)c1-n1cc(I)cn1. The number of rotatable bonds is 4. The van der Waals surface area contributed by atoms with Gasteiger partial charge in [0.05, 0.1) is 20.5 Å². The minimum absolute atomic E-state index is 0.150. The van der Waals surface area contributed by atoms with Crippen molar-refractivity contribution in [2.45, 2.75) is 25.8 Å². The largest absolute Gasteiger partial charge is 0.327 e. The predicted molar refractivity (Wildman–Crippen MR) is 83.3 cm³/mol. The Balaban J connectivity index is 2.44. The molecule has 0 aliphatic rings. The second-order valence-electron chi connectivity index (χ2n) is 4.22. The van der Waals surface area contributed by atoms with Gasteiger partial charge in [-0.2, -0.15) is 5.10 Å². The van der Waals surface area contributed by atoms with E-state index in [4.69, 9.17) is 17.3 Å². The van der Waals surface area contributed by atoms with Crippen LogP contribution in [-0.4, -0.2) is 15.8 Å². The zero-order valence-electron chi connectivity index (χ0n) is 10.1. The second-order valence-corrected chi connectivity index (χ2v) is 5.88. The number of nitrogens with two attached hydrogens (primary N) is 1. The Kier molecular flexibility index (Phi) is 4.64. The number of nitrogens with zero attached hydrogens (tertiary/aromatic N) is 2. The average Bonchev–Trinajstić information content (AvgIpc) is 2.75. The summed E-state index contributed by atoms with van der Waals surface area (Å²) >= 11 is 8.53. The molecule has 0 aliphatic carbocycles.